The van der Waals surface area contributed by atoms with Crippen LogP contribution < -0.4 is 18.1 Å². The molecule has 2 unspecified atom stereocenters. The van der Waals surface area contributed by atoms with Crippen molar-refractivity contribution in [2.24, 2.45) is 0 Å². The number of carbonyl (C=O) groups is 2. The first-order valence-corrected chi connectivity index (χ1v) is 59.4. The Bertz CT molecular complexity index is 2800. The van der Waals surface area contributed by atoms with Crippen molar-refractivity contribution < 1.29 is 37.2 Å². The number of hydrogen-bond donors (Lipinski definition) is 0. The standard InChI is InChI=1S/C113H194O8P2S2/c1-7-11-15-19-23-27-31-39-47-55-63-71-81-103-83-79-85-109(101-103)120-122(124-99-77-69-61-53-45-37-35-41-49-57-65-73-87-111(114)116-97-75-67-59-51-43-33-29-25-21-17-13-9-3)118-107-93-89-105(90-94-107)113(5,6)106-91-95-108(96-92-106)119-123(121-110-86-80-84-104(102-110)82-72-64-56-48-40-32-28-24-20-16-12-8-2)125-100-78-70-62-54-46-38-36-42-50-58-66-74-88-112(115)117-98-76-68-60-52-44-34-30-26-22-18-14-10-4/h79-80,83-86,89-96,101-102H,7-78,81-82,87-88,97-100H2,1-6H3. The number of unbranched alkanes of at least 4 members (excludes halogenated alkanes) is 66. The summed E-state index contributed by atoms with van der Waals surface area (Å²) in [7, 11) is -2.57. The molecule has 0 saturated heterocycles. The van der Waals surface area contributed by atoms with Crippen molar-refractivity contribution in [3.63, 3.8) is 0 Å². The highest BCUT2D eigenvalue weighted by atomic mass is 32.7. The van der Waals surface area contributed by atoms with E-state index in [1.54, 1.807) is 0 Å². The first-order chi connectivity index (χ1) is 61.6. The third-order valence-corrected chi connectivity index (χ3v) is 31.8. The fraction of sp³-hybridized carbons (Fsp3) is 0.770. The van der Waals surface area contributed by atoms with E-state index in [0.717, 1.165) is 98.7 Å². The van der Waals surface area contributed by atoms with Crippen LogP contribution in [-0.2, 0) is 37.3 Å². The molecule has 0 heterocycles. The number of carbonyl (C=O) groups excluding carboxylic acids is 2. The molecule has 0 N–H and O–H groups in total. The molecule has 0 radical (unpaired) electrons. The van der Waals surface area contributed by atoms with E-state index in [4.69, 9.17) is 27.6 Å². The molecule has 0 saturated carbocycles. The topological polar surface area (TPSA) is 89.5 Å². The Balaban J connectivity index is 1.23. The van der Waals surface area contributed by atoms with Gasteiger partial charge in [-0.15, -0.1) is 0 Å². The zero-order chi connectivity index (χ0) is 89.0. The molecule has 12 heteroatoms. The second kappa shape index (κ2) is 84.8. The Hall–Kier alpha value is -3.42. The summed E-state index contributed by atoms with van der Waals surface area (Å²) in [4.78, 5) is 24.7. The normalized spacial score (nSPS) is 12.1. The van der Waals surface area contributed by atoms with Gasteiger partial charge in [-0.05, 0) is 158 Å². The predicted molar refractivity (Wildman–Crippen MR) is 553 cm³/mol. The quantitative estimate of drug-likeness (QED) is 0.0242. The Morgan fingerprint density at radius 2 is 0.464 bits per heavy atom. The lowest BCUT2D eigenvalue weighted by atomic mass is 9.78. The van der Waals surface area contributed by atoms with Crippen LogP contribution in [0.15, 0.2) is 97.1 Å². The van der Waals surface area contributed by atoms with Gasteiger partial charge in [0, 0.05) is 29.8 Å². The first kappa shape index (κ1) is 114. The van der Waals surface area contributed by atoms with Crippen LogP contribution in [0.1, 0.15) is 539 Å². The lowest BCUT2D eigenvalue weighted by Crippen LogP contribution is -2.18. The largest absolute Gasteiger partial charge is 0.466 e. The summed E-state index contributed by atoms with van der Waals surface area (Å²) in [6.07, 6.45) is 97.5. The van der Waals surface area contributed by atoms with Gasteiger partial charge in [-0.25, -0.2) is 0 Å². The van der Waals surface area contributed by atoms with Gasteiger partial charge >= 0.3 is 27.1 Å². The minimum atomic E-state index is -1.29. The summed E-state index contributed by atoms with van der Waals surface area (Å²) in [6.45, 7) is 15.0. The van der Waals surface area contributed by atoms with Gasteiger partial charge in [0.15, 0.2) is 0 Å². The molecule has 0 aliphatic rings. The summed E-state index contributed by atoms with van der Waals surface area (Å²) < 4.78 is 38.6. The Morgan fingerprint density at radius 1 is 0.248 bits per heavy atom. The van der Waals surface area contributed by atoms with Crippen LogP contribution in [0.4, 0.5) is 0 Å². The highest BCUT2D eigenvalue weighted by molar-refractivity contribution is 8.53. The number of benzene rings is 4. The summed E-state index contributed by atoms with van der Waals surface area (Å²) in [5, 5.41) is 0. The number of esters is 2. The molecule has 0 spiro atoms. The SMILES string of the molecule is CCCCCCCCCCCCCCOC(=O)CCCCCCCCCCCCCCSP(Oc1ccc(C(C)(C)c2ccc(OP(Oc3cccc(CCCCCCCCCCCCCC)c3)SCCCCCCCCCCCCCCC(=O)OCCCCCCCCCCCCCC)cc2)cc1)Oc1cccc(CCCCCCCCCCCCCC)c1. The van der Waals surface area contributed by atoms with Gasteiger partial charge in [0.25, 0.3) is 0 Å². The summed E-state index contributed by atoms with van der Waals surface area (Å²) in [6, 6.07) is 35.3. The van der Waals surface area contributed by atoms with Gasteiger partial charge in [-0.3, -0.25) is 9.59 Å². The smallest absolute Gasteiger partial charge is 0.360 e. The van der Waals surface area contributed by atoms with E-state index in [9.17, 15) is 9.59 Å². The lowest BCUT2D eigenvalue weighted by molar-refractivity contribution is -0.144. The zero-order valence-corrected chi connectivity index (χ0v) is 85.7. The molecule has 0 aliphatic heterocycles. The Kier molecular flexibility index (Phi) is 77.3. The van der Waals surface area contributed by atoms with E-state index in [1.807, 2.05) is 22.8 Å². The van der Waals surface area contributed by atoms with E-state index >= 15 is 0 Å². The number of aryl methyl sites for hydroxylation is 2. The number of rotatable bonds is 94. The molecular formula is C113H194O8P2S2. The molecule has 0 fully saturated rings. The van der Waals surface area contributed by atoms with Gasteiger partial charge in [-0.1, -0.05) is 501 Å². The summed E-state index contributed by atoms with van der Waals surface area (Å²) >= 11 is 3.70. The van der Waals surface area contributed by atoms with E-state index in [2.05, 4.69) is 139 Å². The molecule has 0 aliphatic carbocycles. The van der Waals surface area contributed by atoms with Gasteiger partial charge in [0.1, 0.15) is 23.0 Å². The molecule has 8 nitrogen and oxygen atoms in total. The monoisotopic (exact) mass is 1810 g/mol. The molecule has 0 bridgehead atoms. The average molecular weight is 1810 g/mol. The van der Waals surface area contributed by atoms with Crippen LogP contribution >= 0.6 is 37.9 Å². The van der Waals surface area contributed by atoms with Crippen LogP contribution in [-0.4, -0.2) is 36.7 Å². The van der Waals surface area contributed by atoms with Crippen LogP contribution in [0.5, 0.6) is 23.0 Å². The van der Waals surface area contributed by atoms with Crippen molar-refractivity contribution in [1.82, 2.24) is 0 Å². The number of hydrogen-bond acceptors (Lipinski definition) is 10. The third-order valence-electron chi connectivity index (χ3n) is 25.8. The molecule has 0 aromatic heterocycles. The highest BCUT2D eigenvalue weighted by Gasteiger charge is 2.26. The maximum absolute atomic E-state index is 12.3. The van der Waals surface area contributed by atoms with Crippen LogP contribution in [0.2, 0.25) is 0 Å². The van der Waals surface area contributed by atoms with Crippen molar-refractivity contribution in [3.8, 4) is 23.0 Å². The fourth-order valence-electron chi connectivity index (χ4n) is 17.3. The van der Waals surface area contributed by atoms with Gasteiger partial charge in [0.2, 0.25) is 0 Å². The highest BCUT2D eigenvalue weighted by Crippen LogP contribution is 2.54. The van der Waals surface area contributed by atoms with Crippen LogP contribution in [0.3, 0.4) is 0 Å². The average Bonchev–Trinajstić information content (AvgIpc) is 0.799. The minimum absolute atomic E-state index is 0.00469. The second-order valence-electron chi connectivity index (χ2n) is 37.9. The van der Waals surface area contributed by atoms with E-state index < -0.39 is 15.2 Å². The van der Waals surface area contributed by atoms with Crippen LogP contribution in [0.25, 0.3) is 0 Å². The van der Waals surface area contributed by atoms with Crippen molar-refractivity contribution in [2.45, 2.75) is 535 Å². The lowest BCUT2D eigenvalue weighted by Gasteiger charge is -2.27. The summed E-state index contributed by atoms with van der Waals surface area (Å²) in [5.74, 6) is 5.56. The predicted octanol–water partition coefficient (Wildman–Crippen LogP) is 40.0. The second-order valence-corrected chi connectivity index (χ2v) is 44.2. The minimum Gasteiger partial charge on any atom is -0.466 e. The first-order valence-electron chi connectivity index (χ1n) is 53.9. The van der Waals surface area contributed by atoms with Crippen molar-refractivity contribution in [2.75, 3.05) is 24.7 Å². The fourth-order valence-corrected chi connectivity index (χ4v) is 23.1. The molecule has 0 amide bonds. The molecule has 2 atom stereocenters. The Morgan fingerprint density at radius 3 is 0.720 bits per heavy atom. The molecule has 125 heavy (non-hydrogen) atoms. The third kappa shape index (κ3) is 67.4. The summed E-state index contributed by atoms with van der Waals surface area (Å²) in [5.41, 5.74) is 4.91. The molecule has 4 aromatic carbocycles. The molecule has 4 aromatic rings. The van der Waals surface area contributed by atoms with E-state index in [1.165, 1.54) is 433 Å². The van der Waals surface area contributed by atoms with Crippen molar-refractivity contribution in [1.29, 1.82) is 0 Å². The van der Waals surface area contributed by atoms with E-state index in [-0.39, 0.29) is 17.4 Å². The number of ether oxygens (including phenoxy) is 2. The van der Waals surface area contributed by atoms with E-state index in [0.29, 0.717) is 26.1 Å². The Labute approximate surface area is 783 Å². The van der Waals surface area contributed by atoms with Crippen LogP contribution in [0, 0.1) is 0 Å². The van der Waals surface area contributed by atoms with Gasteiger partial charge in [0.05, 0.1) is 13.2 Å². The molecule has 4 rings (SSSR count). The molecule has 716 valence electrons. The van der Waals surface area contributed by atoms with Gasteiger partial charge < -0.3 is 27.6 Å². The maximum atomic E-state index is 12.3. The maximum Gasteiger partial charge on any atom is 0.360 e. The van der Waals surface area contributed by atoms with Gasteiger partial charge in [-0.2, -0.15) is 0 Å². The van der Waals surface area contributed by atoms with Crippen molar-refractivity contribution >= 4 is 49.9 Å². The molecular weight excluding hydrogens is 1610 g/mol. The zero-order valence-electron chi connectivity index (χ0n) is 82.3. The van der Waals surface area contributed by atoms with Crippen molar-refractivity contribution in [3.05, 3.63) is 119 Å².